The number of anilines is 2. The van der Waals surface area contributed by atoms with Gasteiger partial charge in [0.15, 0.2) is 11.6 Å². The molecular formula is C20H27N7O4. The van der Waals surface area contributed by atoms with Crippen molar-refractivity contribution in [2.24, 2.45) is 0 Å². The van der Waals surface area contributed by atoms with Crippen LogP contribution in [0.25, 0.3) is 5.52 Å². The average molecular weight is 429 g/mol. The number of nitrogens with zero attached hydrogens (tertiary/aromatic N) is 4. The molecule has 11 nitrogen and oxygen atoms in total. The maximum Gasteiger partial charge on any atom is 0.407 e. The van der Waals surface area contributed by atoms with Gasteiger partial charge in [0.2, 0.25) is 0 Å². The number of aromatic nitrogens is 5. The second-order valence-electron chi connectivity index (χ2n) is 8.47. The summed E-state index contributed by atoms with van der Waals surface area (Å²) in [6, 6.07) is 3.77. The minimum absolute atomic E-state index is 0.234. The van der Waals surface area contributed by atoms with Crippen LogP contribution in [0.15, 0.2) is 24.5 Å². The summed E-state index contributed by atoms with van der Waals surface area (Å²) in [6.07, 6.45) is 3.00. The number of carbonyl (C=O) groups is 1. The second-order valence-corrected chi connectivity index (χ2v) is 8.47. The summed E-state index contributed by atoms with van der Waals surface area (Å²) in [7, 11) is 1.63. The molecule has 3 N–H and O–H groups in total. The maximum atomic E-state index is 12.0. The van der Waals surface area contributed by atoms with Gasteiger partial charge in [-0.2, -0.15) is 10.2 Å². The van der Waals surface area contributed by atoms with Crippen molar-refractivity contribution in [3.05, 3.63) is 35.9 Å². The summed E-state index contributed by atoms with van der Waals surface area (Å²) in [5.41, 5.74) is 2.07. The van der Waals surface area contributed by atoms with Crippen molar-refractivity contribution in [1.82, 2.24) is 30.1 Å². The molecule has 3 aromatic heterocycles. The molecule has 11 heteroatoms. The van der Waals surface area contributed by atoms with Crippen molar-refractivity contribution in [2.75, 3.05) is 19.0 Å². The molecule has 3 aromatic rings. The van der Waals surface area contributed by atoms with Gasteiger partial charge in [0.1, 0.15) is 17.7 Å². The number of alkyl carbamates (subject to hydrolysis) is 1. The van der Waals surface area contributed by atoms with Gasteiger partial charge in [-0.1, -0.05) is 0 Å². The maximum absolute atomic E-state index is 12.0. The molecule has 0 unspecified atom stereocenters. The van der Waals surface area contributed by atoms with Gasteiger partial charge in [0, 0.05) is 37.5 Å². The van der Waals surface area contributed by atoms with Crippen LogP contribution < -0.4 is 10.6 Å². The SMILES string of the molecule is COCc1cc2c(Nc3cc([C@H]4C[C@@H](OC(=O)NC(C)(C)C)CO4)[nH]n3)nccn2n1. The van der Waals surface area contributed by atoms with Gasteiger partial charge < -0.3 is 24.8 Å². The minimum atomic E-state index is -0.443. The number of nitrogens with one attached hydrogen (secondary N) is 3. The van der Waals surface area contributed by atoms with Gasteiger partial charge in [-0.05, 0) is 26.8 Å². The molecule has 1 aliphatic heterocycles. The van der Waals surface area contributed by atoms with E-state index in [1.165, 1.54) is 0 Å². The van der Waals surface area contributed by atoms with Crippen molar-refractivity contribution in [1.29, 1.82) is 0 Å². The number of ether oxygens (including phenoxy) is 3. The first-order chi connectivity index (χ1) is 14.8. The van der Waals surface area contributed by atoms with Gasteiger partial charge in [0.25, 0.3) is 0 Å². The number of amides is 1. The van der Waals surface area contributed by atoms with E-state index in [4.69, 9.17) is 14.2 Å². The van der Waals surface area contributed by atoms with E-state index >= 15 is 0 Å². The first-order valence-corrected chi connectivity index (χ1v) is 10.1. The summed E-state index contributed by atoms with van der Waals surface area (Å²) in [4.78, 5) is 16.4. The van der Waals surface area contributed by atoms with Crippen LogP contribution in [-0.4, -0.2) is 56.2 Å². The summed E-state index contributed by atoms with van der Waals surface area (Å²) >= 11 is 0. The summed E-state index contributed by atoms with van der Waals surface area (Å²) in [5.74, 6) is 1.23. The van der Waals surface area contributed by atoms with E-state index in [-0.39, 0.29) is 17.7 Å². The Labute approximate surface area is 179 Å². The molecule has 1 fully saturated rings. The molecule has 0 aliphatic carbocycles. The molecule has 0 bridgehead atoms. The molecule has 1 saturated heterocycles. The highest BCUT2D eigenvalue weighted by molar-refractivity contribution is 5.72. The Morgan fingerprint density at radius 1 is 1.39 bits per heavy atom. The molecule has 31 heavy (non-hydrogen) atoms. The minimum Gasteiger partial charge on any atom is -0.444 e. The van der Waals surface area contributed by atoms with Crippen LogP contribution in [0.2, 0.25) is 0 Å². The zero-order chi connectivity index (χ0) is 22.0. The van der Waals surface area contributed by atoms with Crippen LogP contribution in [0.3, 0.4) is 0 Å². The number of hydrogen-bond acceptors (Lipinski definition) is 8. The lowest BCUT2D eigenvalue weighted by Crippen LogP contribution is -2.42. The Morgan fingerprint density at radius 2 is 2.23 bits per heavy atom. The van der Waals surface area contributed by atoms with Crippen LogP contribution in [0.1, 0.15) is 44.7 Å². The van der Waals surface area contributed by atoms with Gasteiger partial charge in [-0.3, -0.25) is 5.10 Å². The molecule has 4 rings (SSSR count). The predicted octanol–water partition coefficient (Wildman–Crippen LogP) is 2.70. The Bertz CT molecular complexity index is 1060. The quantitative estimate of drug-likeness (QED) is 0.546. The monoisotopic (exact) mass is 429 g/mol. The molecule has 1 amide bonds. The Kier molecular flexibility index (Phi) is 5.79. The normalized spacial score (nSPS) is 19.0. The zero-order valence-corrected chi connectivity index (χ0v) is 18.0. The number of methoxy groups -OCH3 is 1. The van der Waals surface area contributed by atoms with E-state index in [0.717, 1.165) is 16.9 Å². The van der Waals surface area contributed by atoms with E-state index in [1.807, 2.05) is 32.9 Å². The Morgan fingerprint density at radius 3 is 3.00 bits per heavy atom. The lowest BCUT2D eigenvalue weighted by atomic mass is 10.1. The molecular weight excluding hydrogens is 402 g/mol. The fourth-order valence-corrected chi connectivity index (χ4v) is 3.36. The largest absolute Gasteiger partial charge is 0.444 e. The first kappa shape index (κ1) is 21.1. The number of carbonyl (C=O) groups excluding carboxylic acids is 1. The second kappa shape index (κ2) is 8.52. The van der Waals surface area contributed by atoms with Gasteiger partial charge in [-0.15, -0.1) is 0 Å². The number of fused-ring (bicyclic) bond motifs is 1. The number of rotatable bonds is 6. The topological polar surface area (TPSA) is 128 Å². The van der Waals surface area contributed by atoms with Crippen molar-refractivity contribution in [3.8, 4) is 0 Å². The highest BCUT2D eigenvalue weighted by atomic mass is 16.6. The standard InChI is InChI=1S/C20H27N7O4/c1-20(2,3)23-19(28)31-13-8-16(30-11-13)14-9-17(25-24-14)22-18-15-7-12(10-29-4)26-27(15)6-5-21-18/h5-7,9,13,16H,8,10-11H2,1-4H3,(H,23,28)(H2,21,22,24,25)/t13-,16-/m1/s1. The molecule has 166 valence electrons. The Balaban J connectivity index is 1.39. The van der Waals surface area contributed by atoms with Gasteiger partial charge in [0.05, 0.1) is 24.6 Å². The smallest absolute Gasteiger partial charge is 0.407 e. The molecule has 2 atom stereocenters. The Hall–Kier alpha value is -3.18. The summed E-state index contributed by atoms with van der Waals surface area (Å²) < 4.78 is 18.1. The van der Waals surface area contributed by atoms with E-state index in [1.54, 1.807) is 24.0 Å². The molecule has 0 spiro atoms. The first-order valence-electron chi connectivity index (χ1n) is 10.1. The van der Waals surface area contributed by atoms with Crippen molar-refractivity contribution in [3.63, 3.8) is 0 Å². The van der Waals surface area contributed by atoms with Gasteiger partial charge in [-0.25, -0.2) is 14.3 Å². The van der Waals surface area contributed by atoms with Crippen LogP contribution in [0.5, 0.6) is 0 Å². The van der Waals surface area contributed by atoms with Crippen molar-refractivity contribution in [2.45, 2.75) is 51.5 Å². The fourth-order valence-electron chi connectivity index (χ4n) is 3.36. The highest BCUT2D eigenvalue weighted by Crippen LogP contribution is 2.31. The van der Waals surface area contributed by atoms with E-state index in [2.05, 4.69) is 30.9 Å². The van der Waals surface area contributed by atoms with Crippen molar-refractivity contribution < 1.29 is 19.0 Å². The number of H-pyrrole nitrogens is 1. The lowest BCUT2D eigenvalue weighted by Gasteiger charge is -2.21. The molecule has 1 aliphatic rings. The van der Waals surface area contributed by atoms with Gasteiger partial charge >= 0.3 is 6.09 Å². The number of hydrogen-bond donors (Lipinski definition) is 3. The predicted molar refractivity (Wildman–Crippen MR) is 112 cm³/mol. The third-order valence-electron chi connectivity index (χ3n) is 4.63. The molecule has 0 aromatic carbocycles. The average Bonchev–Trinajstić information content (AvgIpc) is 3.40. The fraction of sp³-hybridized carbons (Fsp3) is 0.500. The van der Waals surface area contributed by atoms with Crippen LogP contribution in [0.4, 0.5) is 16.4 Å². The zero-order valence-electron chi connectivity index (χ0n) is 18.0. The van der Waals surface area contributed by atoms with Crippen LogP contribution in [0, 0.1) is 0 Å². The third-order valence-corrected chi connectivity index (χ3v) is 4.63. The molecule has 0 radical (unpaired) electrons. The van der Waals surface area contributed by atoms with E-state index in [9.17, 15) is 4.79 Å². The third kappa shape index (κ3) is 5.12. The van der Waals surface area contributed by atoms with Crippen LogP contribution in [-0.2, 0) is 20.8 Å². The highest BCUT2D eigenvalue weighted by Gasteiger charge is 2.31. The summed E-state index contributed by atoms with van der Waals surface area (Å²) in [5, 5.41) is 17.7. The number of aromatic amines is 1. The molecule has 0 saturated carbocycles. The van der Waals surface area contributed by atoms with E-state index < -0.39 is 6.09 Å². The summed E-state index contributed by atoms with van der Waals surface area (Å²) in [6.45, 7) is 6.46. The lowest BCUT2D eigenvalue weighted by molar-refractivity contribution is 0.0661. The molecule has 4 heterocycles. The van der Waals surface area contributed by atoms with Crippen molar-refractivity contribution >= 4 is 23.2 Å². The van der Waals surface area contributed by atoms with E-state index in [0.29, 0.717) is 31.3 Å². The van der Waals surface area contributed by atoms with Crippen LogP contribution >= 0.6 is 0 Å².